The zero-order valence-corrected chi connectivity index (χ0v) is 20.1. The summed E-state index contributed by atoms with van der Waals surface area (Å²) in [4.78, 5) is 12.7. The molecule has 2 N–H and O–H groups in total. The van der Waals surface area contributed by atoms with Crippen LogP contribution in [-0.4, -0.2) is 19.9 Å². The highest BCUT2D eigenvalue weighted by Crippen LogP contribution is 2.28. The number of hydrogen-bond acceptors (Lipinski definition) is 4. The molecule has 32 heavy (non-hydrogen) atoms. The smallest absolute Gasteiger partial charge is 0.267 e. The Kier molecular flexibility index (Phi) is 7.25. The van der Waals surface area contributed by atoms with Crippen molar-refractivity contribution in [3.8, 4) is 5.75 Å². The van der Waals surface area contributed by atoms with Crippen molar-refractivity contribution < 1.29 is 17.9 Å². The van der Waals surface area contributed by atoms with Crippen LogP contribution in [0.15, 0.2) is 71.6 Å². The van der Waals surface area contributed by atoms with Gasteiger partial charge in [0.1, 0.15) is 5.75 Å². The molecule has 0 aliphatic rings. The molecule has 0 saturated heterocycles. The van der Waals surface area contributed by atoms with E-state index in [0.29, 0.717) is 21.5 Å². The van der Waals surface area contributed by atoms with Crippen molar-refractivity contribution in [2.24, 2.45) is 0 Å². The molecule has 0 unspecified atom stereocenters. The van der Waals surface area contributed by atoms with E-state index in [0.717, 1.165) is 0 Å². The number of rotatable bonds is 7. The summed E-state index contributed by atoms with van der Waals surface area (Å²) in [5, 5.41) is 3.84. The van der Waals surface area contributed by atoms with Gasteiger partial charge < -0.3 is 10.1 Å². The Morgan fingerprint density at radius 2 is 1.47 bits per heavy atom. The van der Waals surface area contributed by atoms with Crippen molar-refractivity contribution >= 4 is 62.1 Å². The van der Waals surface area contributed by atoms with E-state index in [2.05, 4.69) is 10.0 Å². The lowest BCUT2D eigenvalue weighted by Crippen LogP contribution is -2.42. The average Bonchev–Trinajstić information content (AvgIpc) is 2.72. The highest BCUT2D eigenvalue weighted by molar-refractivity contribution is 7.92. The maximum absolute atomic E-state index is 12.7. The van der Waals surface area contributed by atoms with Crippen LogP contribution in [0.4, 0.5) is 11.4 Å². The van der Waals surface area contributed by atoms with Crippen LogP contribution in [0.2, 0.25) is 15.1 Å². The Morgan fingerprint density at radius 1 is 0.875 bits per heavy atom. The number of anilines is 2. The molecule has 0 spiro atoms. The molecule has 3 aromatic rings. The Balaban J connectivity index is 1.69. The maximum atomic E-state index is 12.7. The van der Waals surface area contributed by atoms with Gasteiger partial charge in [-0.05, 0) is 80.6 Å². The molecule has 10 heteroatoms. The molecule has 0 aliphatic heterocycles. The molecule has 168 valence electrons. The van der Waals surface area contributed by atoms with Gasteiger partial charge in [-0.2, -0.15) is 0 Å². The summed E-state index contributed by atoms with van der Waals surface area (Å²) in [5.41, 5.74) is -0.577. The Labute approximate surface area is 201 Å². The minimum Gasteiger partial charge on any atom is -0.478 e. The number of sulfonamides is 1. The first kappa shape index (κ1) is 24.2. The van der Waals surface area contributed by atoms with Crippen molar-refractivity contribution in [2.75, 3.05) is 10.0 Å². The molecule has 0 heterocycles. The maximum Gasteiger partial charge on any atom is 0.267 e. The van der Waals surface area contributed by atoms with E-state index in [1.165, 1.54) is 42.5 Å². The van der Waals surface area contributed by atoms with Crippen LogP contribution in [0.3, 0.4) is 0 Å². The van der Waals surface area contributed by atoms with E-state index in [1.807, 2.05) is 0 Å². The standard InChI is InChI=1S/C22H19Cl3N2O4S/c1-22(2,31-17-8-3-14(23)4-9-17)21(28)26-16-6-10-18(11-7-16)32(29,30)27-20-12-5-15(24)13-19(20)25/h3-13,27H,1-2H3,(H,26,28). The van der Waals surface area contributed by atoms with E-state index in [-0.39, 0.29) is 15.6 Å². The number of carbonyl (C=O) groups excluding carboxylic acids is 1. The van der Waals surface area contributed by atoms with Crippen molar-refractivity contribution in [2.45, 2.75) is 24.3 Å². The van der Waals surface area contributed by atoms with Gasteiger partial charge >= 0.3 is 0 Å². The van der Waals surface area contributed by atoms with Crippen LogP contribution in [0.1, 0.15) is 13.8 Å². The van der Waals surface area contributed by atoms with Gasteiger partial charge in [0.2, 0.25) is 0 Å². The van der Waals surface area contributed by atoms with Crippen LogP contribution in [0, 0.1) is 0 Å². The Bertz CT molecular complexity index is 1230. The Hall–Kier alpha value is -2.45. The van der Waals surface area contributed by atoms with Crippen LogP contribution < -0.4 is 14.8 Å². The van der Waals surface area contributed by atoms with Gasteiger partial charge in [-0.15, -0.1) is 0 Å². The zero-order chi connectivity index (χ0) is 23.5. The number of ether oxygens (including phenoxy) is 1. The first-order valence-electron chi connectivity index (χ1n) is 9.30. The summed E-state index contributed by atoms with van der Waals surface area (Å²) in [5.74, 6) is 0.0806. The molecule has 3 rings (SSSR count). The van der Waals surface area contributed by atoms with Gasteiger partial charge in [0.05, 0.1) is 15.6 Å². The van der Waals surface area contributed by atoms with E-state index in [9.17, 15) is 13.2 Å². The van der Waals surface area contributed by atoms with Crippen molar-refractivity contribution in [3.05, 3.63) is 81.8 Å². The first-order valence-corrected chi connectivity index (χ1v) is 11.9. The predicted molar refractivity (Wildman–Crippen MR) is 129 cm³/mol. The third-order valence-electron chi connectivity index (χ3n) is 4.33. The molecule has 0 aromatic heterocycles. The highest BCUT2D eigenvalue weighted by atomic mass is 35.5. The number of amides is 1. The lowest BCUT2D eigenvalue weighted by atomic mass is 10.1. The molecule has 0 saturated carbocycles. The first-order chi connectivity index (χ1) is 15.0. The van der Waals surface area contributed by atoms with Gasteiger partial charge in [0, 0.05) is 15.7 Å². The second-order valence-electron chi connectivity index (χ2n) is 7.27. The van der Waals surface area contributed by atoms with Gasteiger partial charge in [0.15, 0.2) is 5.60 Å². The van der Waals surface area contributed by atoms with Crippen molar-refractivity contribution in [3.63, 3.8) is 0 Å². The third-order valence-corrected chi connectivity index (χ3v) is 6.51. The average molecular weight is 514 g/mol. The van der Waals surface area contributed by atoms with E-state index in [4.69, 9.17) is 39.5 Å². The van der Waals surface area contributed by atoms with Crippen LogP contribution in [0.25, 0.3) is 0 Å². The second kappa shape index (κ2) is 9.58. The summed E-state index contributed by atoms with van der Waals surface area (Å²) in [7, 11) is -3.89. The van der Waals surface area contributed by atoms with Crippen LogP contribution in [0.5, 0.6) is 5.75 Å². The minimum atomic E-state index is -3.89. The molecule has 0 aliphatic carbocycles. The summed E-state index contributed by atoms with van der Waals surface area (Å²) in [6, 6.07) is 16.8. The minimum absolute atomic E-state index is 0.00168. The normalized spacial score (nSPS) is 11.7. The summed E-state index contributed by atoms with van der Waals surface area (Å²) in [6.07, 6.45) is 0. The van der Waals surface area contributed by atoms with Gasteiger partial charge in [-0.3, -0.25) is 9.52 Å². The summed E-state index contributed by atoms with van der Waals surface area (Å²) in [6.45, 7) is 3.24. The SMILES string of the molecule is CC(C)(Oc1ccc(Cl)cc1)C(=O)Nc1ccc(S(=O)(=O)Nc2ccc(Cl)cc2Cl)cc1. The van der Waals surface area contributed by atoms with Crippen molar-refractivity contribution in [1.29, 1.82) is 0 Å². The lowest BCUT2D eigenvalue weighted by molar-refractivity contribution is -0.128. The summed E-state index contributed by atoms with van der Waals surface area (Å²) >= 11 is 17.7. The van der Waals surface area contributed by atoms with Crippen LogP contribution >= 0.6 is 34.8 Å². The number of halogens is 3. The molecule has 3 aromatic carbocycles. The number of hydrogen-bond donors (Lipinski definition) is 2. The predicted octanol–water partition coefficient (Wildman–Crippen LogP) is 6.24. The molecule has 0 bridgehead atoms. The topological polar surface area (TPSA) is 84.5 Å². The zero-order valence-electron chi connectivity index (χ0n) is 17.0. The number of carbonyl (C=O) groups is 1. The molecule has 0 atom stereocenters. The van der Waals surface area contributed by atoms with Gasteiger partial charge in [-0.25, -0.2) is 8.42 Å². The number of nitrogens with one attached hydrogen (secondary N) is 2. The monoisotopic (exact) mass is 512 g/mol. The van der Waals surface area contributed by atoms with E-state index < -0.39 is 21.5 Å². The van der Waals surface area contributed by atoms with E-state index >= 15 is 0 Å². The second-order valence-corrected chi connectivity index (χ2v) is 10.2. The largest absolute Gasteiger partial charge is 0.478 e. The van der Waals surface area contributed by atoms with Gasteiger partial charge in [0.25, 0.3) is 15.9 Å². The highest BCUT2D eigenvalue weighted by Gasteiger charge is 2.30. The molecule has 1 amide bonds. The van der Waals surface area contributed by atoms with E-state index in [1.54, 1.807) is 38.1 Å². The van der Waals surface area contributed by atoms with Gasteiger partial charge in [-0.1, -0.05) is 34.8 Å². The molecular weight excluding hydrogens is 495 g/mol. The van der Waals surface area contributed by atoms with Crippen LogP contribution in [-0.2, 0) is 14.8 Å². The molecule has 0 radical (unpaired) electrons. The van der Waals surface area contributed by atoms with Crippen molar-refractivity contribution in [1.82, 2.24) is 0 Å². The fourth-order valence-corrected chi connectivity index (χ4v) is 4.34. The number of benzene rings is 3. The third kappa shape index (κ3) is 6.07. The summed E-state index contributed by atoms with van der Waals surface area (Å²) < 4.78 is 33.4. The molecular formula is C22H19Cl3N2O4S. The Morgan fingerprint density at radius 3 is 2.06 bits per heavy atom. The quantitative estimate of drug-likeness (QED) is 0.391. The fourth-order valence-electron chi connectivity index (χ4n) is 2.62. The lowest BCUT2D eigenvalue weighted by Gasteiger charge is -2.25. The molecule has 6 nitrogen and oxygen atoms in total. The fraction of sp³-hybridized carbons (Fsp3) is 0.136. The molecule has 0 fully saturated rings.